The lowest BCUT2D eigenvalue weighted by Gasteiger charge is -2.18. The van der Waals surface area contributed by atoms with Gasteiger partial charge in [0, 0.05) is 13.6 Å². The van der Waals surface area contributed by atoms with E-state index in [9.17, 15) is 9.18 Å². The Morgan fingerprint density at radius 1 is 1.14 bits per heavy atom. The number of likely N-dealkylation sites (N-methyl/N-ethyl adjacent to an activating group) is 1. The Kier molecular flexibility index (Phi) is 6.56. The molecule has 0 aliphatic carbocycles. The molecule has 0 saturated heterocycles. The van der Waals surface area contributed by atoms with Gasteiger partial charge in [-0.05, 0) is 35.4 Å². The molecule has 1 N–H and O–H groups in total. The molecule has 3 rings (SSSR count). The standard InChI is InChI=1S/C20H22FN5O2/c1-25(10-11-28-19-8-6-18(21)7-9-19)20(27)23-12-16-2-4-17(5-3-16)13-26-15-22-14-24-26/h2-9,14-15H,10-13H2,1H3,(H,23,27). The molecule has 0 spiro atoms. The topological polar surface area (TPSA) is 72.3 Å². The maximum atomic E-state index is 12.9. The number of urea groups is 1. The number of carbonyl (C=O) groups is 1. The van der Waals surface area contributed by atoms with Crippen LogP contribution >= 0.6 is 0 Å². The molecule has 0 radical (unpaired) electrons. The van der Waals surface area contributed by atoms with Crippen molar-refractivity contribution in [2.75, 3.05) is 20.2 Å². The van der Waals surface area contributed by atoms with Gasteiger partial charge in [0.2, 0.25) is 0 Å². The normalized spacial score (nSPS) is 10.5. The number of halogens is 1. The molecule has 2 aromatic carbocycles. The van der Waals surface area contributed by atoms with Gasteiger partial charge in [0.15, 0.2) is 0 Å². The molecule has 0 aliphatic heterocycles. The van der Waals surface area contributed by atoms with Crippen molar-refractivity contribution in [1.82, 2.24) is 25.0 Å². The third kappa shape index (κ3) is 5.80. The highest BCUT2D eigenvalue weighted by Gasteiger charge is 2.08. The summed E-state index contributed by atoms with van der Waals surface area (Å²) in [4.78, 5) is 17.6. The molecule has 0 saturated carbocycles. The summed E-state index contributed by atoms with van der Waals surface area (Å²) in [6.07, 6.45) is 3.18. The van der Waals surface area contributed by atoms with E-state index in [2.05, 4.69) is 15.4 Å². The van der Waals surface area contributed by atoms with Gasteiger partial charge >= 0.3 is 6.03 Å². The number of nitrogens with zero attached hydrogens (tertiary/aromatic N) is 4. The fourth-order valence-electron chi connectivity index (χ4n) is 2.51. The number of nitrogens with one attached hydrogen (secondary N) is 1. The number of benzene rings is 2. The fraction of sp³-hybridized carbons (Fsp3) is 0.250. The molecule has 146 valence electrons. The average molecular weight is 383 g/mol. The van der Waals surface area contributed by atoms with Crippen LogP contribution in [-0.2, 0) is 13.1 Å². The second-order valence-electron chi connectivity index (χ2n) is 6.29. The van der Waals surface area contributed by atoms with E-state index in [1.54, 1.807) is 35.1 Å². The zero-order valence-corrected chi connectivity index (χ0v) is 15.6. The average Bonchev–Trinajstić information content (AvgIpc) is 3.21. The van der Waals surface area contributed by atoms with Crippen LogP contribution in [0.15, 0.2) is 61.2 Å². The van der Waals surface area contributed by atoms with E-state index in [0.29, 0.717) is 32.0 Å². The van der Waals surface area contributed by atoms with Crippen molar-refractivity contribution in [3.05, 3.63) is 78.1 Å². The van der Waals surface area contributed by atoms with Crippen LogP contribution in [0.5, 0.6) is 5.75 Å². The van der Waals surface area contributed by atoms with Crippen LogP contribution in [-0.4, -0.2) is 45.9 Å². The van der Waals surface area contributed by atoms with Gasteiger partial charge in [-0.15, -0.1) is 0 Å². The first-order chi connectivity index (χ1) is 13.6. The van der Waals surface area contributed by atoms with E-state index in [4.69, 9.17) is 4.74 Å². The summed E-state index contributed by atoms with van der Waals surface area (Å²) in [5.74, 6) is 0.261. The van der Waals surface area contributed by atoms with Crippen molar-refractivity contribution >= 4 is 6.03 Å². The summed E-state index contributed by atoms with van der Waals surface area (Å²) in [5.41, 5.74) is 2.11. The van der Waals surface area contributed by atoms with Gasteiger partial charge in [0.25, 0.3) is 0 Å². The Morgan fingerprint density at radius 3 is 2.54 bits per heavy atom. The summed E-state index contributed by atoms with van der Waals surface area (Å²) >= 11 is 0. The number of carbonyl (C=O) groups excluding carboxylic acids is 1. The molecule has 1 heterocycles. The van der Waals surface area contributed by atoms with Gasteiger partial charge in [-0.2, -0.15) is 5.10 Å². The molecule has 0 fully saturated rings. The Balaban J connectivity index is 1.38. The summed E-state index contributed by atoms with van der Waals surface area (Å²) in [7, 11) is 1.70. The minimum Gasteiger partial charge on any atom is -0.492 e. The van der Waals surface area contributed by atoms with Crippen molar-refractivity contribution in [1.29, 1.82) is 0 Å². The van der Waals surface area contributed by atoms with E-state index in [0.717, 1.165) is 11.1 Å². The molecular weight excluding hydrogens is 361 g/mol. The third-order valence-electron chi connectivity index (χ3n) is 4.13. The number of aromatic nitrogens is 3. The summed E-state index contributed by atoms with van der Waals surface area (Å²) in [6.45, 7) is 1.83. The Labute approximate surface area is 162 Å². The van der Waals surface area contributed by atoms with Crippen molar-refractivity contribution in [2.24, 2.45) is 0 Å². The van der Waals surface area contributed by atoms with Gasteiger partial charge in [0.1, 0.15) is 30.8 Å². The molecular formula is C20H22FN5O2. The predicted octanol–water partition coefficient (Wildman–Crippen LogP) is 2.69. The highest BCUT2D eigenvalue weighted by molar-refractivity contribution is 5.73. The van der Waals surface area contributed by atoms with Crippen LogP contribution in [0.1, 0.15) is 11.1 Å². The van der Waals surface area contributed by atoms with Gasteiger partial charge < -0.3 is 15.0 Å². The highest BCUT2D eigenvalue weighted by atomic mass is 19.1. The minimum atomic E-state index is -0.310. The van der Waals surface area contributed by atoms with Gasteiger partial charge in [-0.3, -0.25) is 0 Å². The molecule has 28 heavy (non-hydrogen) atoms. The maximum Gasteiger partial charge on any atom is 0.317 e. The van der Waals surface area contributed by atoms with Crippen molar-refractivity contribution < 1.29 is 13.9 Å². The minimum absolute atomic E-state index is 0.186. The van der Waals surface area contributed by atoms with Crippen molar-refractivity contribution in [2.45, 2.75) is 13.1 Å². The Bertz CT molecular complexity index is 867. The third-order valence-corrected chi connectivity index (χ3v) is 4.13. The number of hydrogen-bond donors (Lipinski definition) is 1. The monoisotopic (exact) mass is 383 g/mol. The second kappa shape index (κ2) is 9.50. The van der Waals surface area contributed by atoms with Crippen LogP contribution in [0, 0.1) is 5.82 Å². The molecule has 1 aromatic heterocycles. The van der Waals surface area contributed by atoms with E-state index in [-0.39, 0.29) is 11.8 Å². The Morgan fingerprint density at radius 2 is 1.86 bits per heavy atom. The molecule has 0 bridgehead atoms. The number of hydrogen-bond acceptors (Lipinski definition) is 4. The van der Waals surface area contributed by atoms with E-state index in [1.807, 2.05) is 24.3 Å². The summed E-state index contributed by atoms with van der Waals surface area (Å²) < 4.78 is 20.1. The first-order valence-electron chi connectivity index (χ1n) is 8.88. The lowest BCUT2D eigenvalue weighted by atomic mass is 10.1. The summed E-state index contributed by atoms with van der Waals surface area (Å²) in [6, 6.07) is 13.6. The number of ether oxygens (including phenoxy) is 1. The van der Waals surface area contributed by atoms with Crippen LogP contribution in [0.4, 0.5) is 9.18 Å². The Hall–Kier alpha value is -3.42. The first-order valence-corrected chi connectivity index (χ1v) is 8.88. The van der Waals surface area contributed by atoms with Crippen LogP contribution < -0.4 is 10.1 Å². The van der Waals surface area contributed by atoms with E-state index in [1.165, 1.54) is 18.5 Å². The predicted molar refractivity (Wildman–Crippen MR) is 102 cm³/mol. The smallest absolute Gasteiger partial charge is 0.317 e. The maximum absolute atomic E-state index is 12.9. The number of amides is 2. The molecule has 8 heteroatoms. The zero-order valence-electron chi connectivity index (χ0n) is 15.6. The summed E-state index contributed by atoms with van der Waals surface area (Å²) in [5, 5.41) is 6.95. The van der Waals surface area contributed by atoms with Crippen LogP contribution in [0.25, 0.3) is 0 Å². The second-order valence-corrected chi connectivity index (χ2v) is 6.29. The largest absolute Gasteiger partial charge is 0.492 e. The lowest BCUT2D eigenvalue weighted by Crippen LogP contribution is -2.39. The molecule has 0 atom stereocenters. The number of rotatable bonds is 8. The van der Waals surface area contributed by atoms with Gasteiger partial charge in [-0.25, -0.2) is 18.9 Å². The SMILES string of the molecule is CN(CCOc1ccc(F)cc1)C(=O)NCc1ccc(Cn2cncn2)cc1. The molecule has 0 aliphatic rings. The molecule has 2 amide bonds. The molecule has 7 nitrogen and oxygen atoms in total. The van der Waals surface area contributed by atoms with Crippen LogP contribution in [0.2, 0.25) is 0 Å². The van der Waals surface area contributed by atoms with Gasteiger partial charge in [-0.1, -0.05) is 24.3 Å². The fourth-order valence-corrected chi connectivity index (χ4v) is 2.51. The van der Waals surface area contributed by atoms with Crippen LogP contribution in [0.3, 0.4) is 0 Å². The molecule has 3 aromatic rings. The highest BCUT2D eigenvalue weighted by Crippen LogP contribution is 2.11. The zero-order chi connectivity index (χ0) is 19.8. The van der Waals surface area contributed by atoms with Gasteiger partial charge in [0.05, 0.1) is 13.1 Å². The van der Waals surface area contributed by atoms with Crippen molar-refractivity contribution in [3.8, 4) is 5.75 Å². The lowest BCUT2D eigenvalue weighted by molar-refractivity contribution is 0.195. The van der Waals surface area contributed by atoms with Crippen molar-refractivity contribution in [3.63, 3.8) is 0 Å². The molecule has 0 unspecified atom stereocenters. The van der Waals surface area contributed by atoms with E-state index >= 15 is 0 Å². The first kappa shape index (κ1) is 19.3. The quantitative estimate of drug-likeness (QED) is 0.649. The van der Waals surface area contributed by atoms with E-state index < -0.39 is 0 Å².